The van der Waals surface area contributed by atoms with Gasteiger partial charge in [-0.25, -0.2) is 0 Å². The molecular weight excluding hydrogens is 306 g/mol. The molecule has 1 nitrogen and oxygen atoms in total. The molecular formula is C9H19NW. The van der Waals surface area contributed by atoms with E-state index in [2.05, 4.69) is 32.7 Å². The molecule has 0 saturated carbocycles. The average molecular weight is 325 g/mol. The van der Waals surface area contributed by atoms with E-state index < -0.39 is 0 Å². The molecule has 0 bridgehead atoms. The van der Waals surface area contributed by atoms with E-state index in [1.807, 2.05) is 0 Å². The number of hydrogen-bond acceptors (Lipinski definition) is 1. The van der Waals surface area contributed by atoms with Gasteiger partial charge in [0.1, 0.15) is 0 Å². The van der Waals surface area contributed by atoms with Crippen LogP contribution in [0.5, 0.6) is 0 Å². The standard InChI is InChI=1S/C5H10N.C4H9.W/c1-6-4-2-3-5-6;1-4(2)3;/h1-5H2;1-3H3;/q2*-1;+2. The van der Waals surface area contributed by atoms with Gasteiger partial charge in [0.05, 0.1) is 0 Å². The molecule has 0 aromatic rings. The van der Waals surface area contributed by atoms with E-state index in [4.69, 9.17) is 0 Å². The van der Waals surface area contributed by atoms with Crippen molar-refractivity contribution in [2.45, 2.75) is 33.6 Å². The van der Waals surface area contributed by atoms with Crippen LogP contribution in [0.15, 0.2) is 0 Å². The van der Waals surface area contributed by atoms with Crippen molar-refractivity contribution in [3.8, 4) is 0 Å². The molecule has 1 heterocycles. The van der Waals surface area contributed by atoms with Gasteiger partial charge in [0.2, 0.25) is 0 Å². The molecule has 1 saturated heterocycles. The molecule has 2 heteroatoms. The Hall–Kier alpha value is 0.648. The minimum atomic E-state index is 0. The van der Waals surface area contributed by atoms with Gasteiger partial charge in [-0.15, -0.1) is 0 Å². The molecule has 1 fully saturated rings. The monoisotopic (exact) mass is 325 g/mol. The van der Waals surface area contributed by atoms with Gasteiger partial charge in [-0.05, 0) is 25.9 Å². The summed E-state index contributed by atoms with van der Waals surface area (Å²) in [4.78, 5) is 2.11. The van der Waals surface area contributed by atoms with Crippen molar-refractivity contribution in [1.82, 2.24) is 4.90 Å². The van der Waals surface area contributed by atoms with E-state index in [9.17, 15) is 0 Å². The summed E-state index contributed by atoms with van der Waals surface area (Å²) in [6, 6.07) is 0. The molecule has 0 aliphatic carbocycles. The summed E-state index contributed by atoms with van der Waals surface area (Å²) in [6.07, 6.45) is 2.70. The van der Waals surface area contributed by atoms with Crippen molar-refractivity contribution in [3.63, 3.8) is 0 Å². The van der Waals surface area contributed by atoms with E-state index >= 15 is 0 Å². The third kappa shape index (κ3) is 13.6. The summed E-state index contributed by atoms with van der Waals surface area (Å²) in [7, 11) is 3.77. The van der Waals surface area contributed by atoms with Crippen molar-refractivity contribution in [1.29, 1.82) is 0 Å². The van der Waals surface area contributed by atoms with Crippen LogP contribution in [0.1, 0.15) is 33.6 Å². The molecule has 0 N–H and O–H groups in total. The van der Waals surface area contributed by atoms with Gasteiger partial charge in [-0.2, -0.15) is 20.8 Å². The molecule has 0 amide bonds. The van der Waals surface area contributed by atoms with Crippen LogP contribution in [0, 0.1) is 13.0 Å². The summed E-state index contributed by atoms with van der Waals surface area (Å²) in [5.74, 6) is 1.42. The Morgan fingerprint density at radius 2 is 1.36 bits per heavy atom. The first-order valence-corrected chi connectivity index (χ1v) is 3.95. The van der Waals surface area contributed by atoms with Crippen LogP contribution in [0.2, 0.25) is 0 Å². The first kappa shape index (κ1) is 14.2. The van der Waals surface area contributed by atoms with E-state index in [-0.39, 0.29) is 21.1 Å². The van der Waals surface area contributed by atoms with Gasteiger partial charge < -0.3 is 10.8 Å². The zero-order valence-corrected chi connectivity index (χ0v) is 10.8. The second-order valence-corrected chi connectivity index (χ2v) is 3.33. The fourth-order valence-electron chi connectivity index (χ4n) is 0.783. The molecule has 1 aliphatic rings. The third-order valence-corrected chi connectivity index (χ3v) is 1.20. The second kappa shape index (κ2) is 8.74. The molecule has 0 aromatic carbocycles. The number of nitrogens with zero attached hydrogens (tertiary/aromatic N) is 1. The molecule has 0 aromatic heterocycles. The van der Waals surface area contributed by atoms with E-state index in [1.54, 1.807) is 0 Å². The first-order chi connectivity index (χ1) is 4.63. The summed E-state index contributed by atoms with van der Waals surface area (Å²) in [5, 5.41) is 0. The van der Waals surface area contributed by atoms with Crippen LogP contribution < -0.4 is 0 Å². The third-order valence-electron chi connectivity index (χ3n) is 1.20. The van der Waals surface area contributed by atoms with Crippen molar-refractivity contribution in [3.05, 3.63) is 13.0 Å². The van der Waals surface area contributed by atoms with E-state index in [0.29, 0.717) is 0 Å². The maximum atomic E-state index is 3.77. The van der Waals surface area contributed by atoms with Crippen LogP contribution in [0.4, 0.5) is 0 Å². The molecule has 0 spiro atoms. The fourth-order valence-corrected chi connectivity index (χ4v) is 0.783. The van der Waals surface area contributed by atoms with Crippen molar-refractivity contribution < 1.29 is 21.1 Å². The van der Waals surface area contributed by atoms with Gasteiger partial charge in [-0.1, -0.05) is 0 Å². The van der Waals surface area contributed by atoms with Crippen LogP contribution in [-0.2, 0) is 21.1 Å². The van der Waals surface area contributed by atoms with E-state index in [0.717, 1.165) is 0 Å². The van der Waals surface area contributed by atoms with Crippen molar-refractivity contribution in [2.24, 2.45) is 0 Å². The summed E-state index contributed by atoms with van der Waals surface area (Å²) >= 11 is 0. The van der Waals surface area contributed by atoms with Gasteiger partial charge >= 0.3 is 21.1 Å². The first-order valence-electron chi connectivity index (χ1n) is 3.95. The van der Waals surface area contributed by atoms with Gasteiger partial charge in [0, 0.05) is 0 Å². The quantitative estimate of drug-likeness (QED) is 0.619. The normalized spacial score (nSPS) is 17.2. The van der Waals surface area contributed by atoms with Gasteiger partial charge in [-0.3, -0.25) is 7.05 Å². The topological polar surface area (TPSA) is 3.24 Å². The zero-order valence-electron chi connectivity index (χ0n) is 7.89. The molecule has 0 atom stereocenters. The largest absolute Gasteiger partial charge is 2.00 e. The van der Waals surface area contributed by atoms with Crippen LogP contribution in [-0.4, -0.2) is 18.0 Å². The molecule has 1 aliphatic heterocycles. The molecule has 1 rings (SSSR count). The predicted octanol–water partition coefficient (Wildman–Crippen LogP) is 2.49. The zero-order chi connectivity index (χ0) is 7.98. The van der Waals surface area contributed by atoms with Crippen LogP contribution in [0.3, 0.4) is 0 Å². The number of likely N-dealkylation sites (tertiary alicyclic amines) is 1. The van der Waals surface area contributed by atoms with E-state index in [1.165, 1.54) is 31.8 Å². The summed E-state index contributed by atoms with van der Waals surface area (Å²) in [6.45, 7) is 8.67. The van der Waals surface area contributed by atoms with Gasteiger partial charge in [0.25, 0.3) is 0 Å². The van der Waals surface area contributed by atoms with Crippen LogP contribution >= 0.6 is 0 Å². The minimum Gasteiger partial charge on any atom is -0.459 e. The maximum Gasteiger partial charge on any atom is 2.00 e. The molecule has 0 unspecified atom stereocenters. The molecule has 66 valence electrons. The summed E-state index contributed by atoms with van der Waals surface area (Å²) < 4.78 is 0. The van der Waals surface area contributed by atoms with Crippen molar-refractivity contribution in [2.75, 3.05) is 13.1 Å². The number of hydrogen-bond donors (Lipinski definition) is 0. The Labute approximate surface area is 85.8 Å². The SMILES string of the molecule is C[C-](C)C.[CH2-]N1CCCC1.[W+2]. The second-order valence-electron chi connectivity index (χ2n) is 3.33. The minimum absolute atomic E-state index is 0. The Morgan fingerprint density at radius 1 is 1.09 bits per heavy atom. The number of rotatable bonds is 0. The average Bonchev–Trinajstić information content (AvgIpc) is 2.15. The Morgan fingerprint density at radius 3 is 1.45 bits per heavy atom. The maximum absolute atomic E-state index is 3.77. The molecule has 0 radical (unpaired) electrons. The Balaban J connectivity index is 0. The van der Waals surface area contributed by atoms with Crippen molar-refractivity contribution >= 4 is 0 Å². The Kier molecular flexibility index (Phi) is 11.3. The smallest absolute Gasteiger partial charge is 0.459 e. The fraction of sp³-hybridized carbons (Fsp3) is 0.778. The predicted molar refractivity (Wildman–Crippen MR) is 46.4 cm³/mol. The molecule has 11 heavy (non-hydrogen) atoms. The Bertz CT molecular complexity index is 65.2. The summed E-state index contributed by atoms with van der Waals surface area (Å²) in [5.41, 5.74) is 0. The van der Waals surface area contributed by atoms with Gasteiger partial charge in [0.15, 0.2) is 0 Å². The van der Waals surface area contributed by atoms with Crippen LogP contribution in [0.25, 0.3) is 0 Å².